The Morgan fingerprint density at radius 1 is 1.29 bits per heavy atom. The molecular formula is C18H26ClFN2OS. The molecule has 0 amide bonds. The first-order valence-corrected chi connectivity index (χ1v) is 9.31. The van der Waals surface area contributed by atoms with Crippen molar-refractivity contribution < 1.29 is 9.13 Å². The standard InChI is InChI=1S/C18H26ClFN2OS/c1-21(18(19)24)17-7-11-22(12-8-17)10-2-13-23-14-9-15-3-5-16(20)6-4-15/h3-6,17H,2,7-14H2,1H3. The maximum atomic E-state index is 12.8. The monoisotopic (exact) mass is 372 g/mol. The highest BCUT2D eigenvalue weighted by Gasteiger charge is 2.22. The van der Waals surface area contributed by atoms with Crippen LogP contribution in [0.3, 0.4) is 0 Å². The molecule has 134 valence electrons. The van der Waals surface area contributed by atoms with Crippen LogP contribution in [0.1, 0.15) is 24.8 Å². The topological polar surface area (TPSA) is 15.7 Å². The molecule has 0 N–H and O–H groups in total. The normalized spacial score (nSPS) is 16.3. The van der Waals surface area contributed by atoms with Crippen molar-refractivity contribution in [3.63, 3.8) is 0 Å². The van der Waals surface area contributed by atoms with Gasteiger partial charge in [0.05, 0.1) is 6.61 Å². The van der Waals surface area contributed by atoms with E-state index in [9.17, 15) is 4.39 Å². The van der Waals surface area contributed by atoms with Gasteiger partial charge in [0.15, 0.2) is 4.45 Å². The maximum Gasteiger partial charge on any atom is 0.169 e. The van der Waals surface area contributed by atoms with Gasteiger partial charge in [-0.05, 0) is 55.6 Å². The lowest BCUT2D eigenvalue weighted by Crippen LogP contribution is -2.44. The van der Waals surface area contributed by atoms with Crippen molar-refractivity contribution >= 4 is 28.3 Å². The minimum absolute atomic E-state index is 0.192. The molecule has 0 atom stereocenters. The summed E-state index contributed by atoms with van der Waals surface area (Å²) in [5, 5.41) is 0. The highest BCUT2D eigenvalue weighted by molar-refractivity contribution is 7.83. The number of piperidine rings is 1. The number of benzene rings is 1. The Hall–Kier alpha value is -0.750. The van der Waals surface area contributed by atoms with Gasteiger partial charge < -0.3 is 14.5 Å². The van der Waals surface area contributed by atoms with Crippen LogP contribution in [0.25, 0.3) is 0 Å². The van der Waals surface area contributed by atoms with Crippen LogP contribution in [0, 0.1) is 5.82 Å². The van der Waals surface area contributed by atoms with E-state index in [4.69, 9.17) is 28.6 Å². The molecule has 0 aromatic heterocycles. The van der Waals surface area contributed by atoms with E-state index >= 15 is 0 Å². The molecule has 0 saturated carbocycles. The molecule has 0 bridgehead atoms. The highest BCUT2D eigenvalue weighted by atomic mass is 35.5. The Labute approximate surface area is 154 Å². The maximum absolute atomic E-state index is 12.8. The van der Waals surface area contributed by atoms with E-state index in [0.717, 1.165) is 57.5 Å². The van der Waals surface area contributed by atoms with Crippen molar-refractivity contribution in [1.82, 2.24) is 9.80 Å². The van der Waals surface area contributed by atoms with E-state index < -0.39 is 0 Å². The van der Waals surface area contributed by atoms with Crippen molar-refractivity contribution in [2.45, 2.75) is 31.7 Å². The molecule has 24 heavy (non-hydrogen) atoms. The van der Waals surface area contributed by atoms with E-state index in [1.165, 1.54) is 12.1 Å². The zero-order chi connectivity index (χ0) is 17.4. The number of rotatable bonds is 8. The summed E-state index contributed by atoms with van der Waals surface area (Å²) in [6.45, 7) is 4.70. The Morgan fingerprint density at radius 3 is 2.58 bits per heavy atom. The smallest absolute Gasteiger partial charge is 0.169 e. The van der Waals surface area contributed by atoms with Gasteiger partial charge in [-0.2, -0.15) is 0 Å². The number of hydrogen-bond acceptors (Lipinski definition) is 3. The average molecular weight is 373 g/mol. The average Bonchev–Trinajstić information content (AvgIpc) is 2.59. The van der Waals surface area contributed by atoms with Crippen LogP contribution in [-0.4, -0.2) is 60.2 Å². The van der Waals surface area contributed by atoms with E-state index in [-0.39, 0.29) is 5.82 Å². The molecule has 0 radical (unpaired) electrons. The summed E-state index contributed by atoms with van der Waals surface area (Å²) in [6.07, 6.45) is 4.08. The van der Waals surface area contributed by atoms with Crippen LogP contribution < -0.4 is 0 Å². The number of likely N-dealkylation sites (tertiary alicyclic amines) is 1. The predicted octanol–water partition coefficient (Wildman–Crippen LogP) is 3.69. The van der Waals surface area contributed by atoms with E-state index in [0.29, 0.717) is 17.1 Å². The van der Waals surface area contributed by atoms with Crippen molar-refractivity contribution in [2.24, 2.45) is 0 Å². The number of thiocarbonyl (C=S) groups is 1. The summed E-state index contributed by atoms with van der Waals surface area (Å²) in [7, 11) is 1.98. The second kappa shape index (κ2) is 10.3. The molecule has 0 aliphatic carbocycles. The minimum Gasteiger partial charge on any atom is -0.381 e. The summed E-state index contributed by atoms with van der Waals surface area (Å²) in [4.78, 5) is 4.48. The molecule has 3 nitrogen and oxygen atoms in total. The van der Waals surface area contributed by atoms with Crippen LogP contribution in [0.15, 0.2) is 24.3 Å². The first kappa shape index (κ1) is 19.6. The summed E-state index contributed by atoms with van der Waals surface area (Å²) >= 11 is 10.9. The Bertz CT molecular complexity index is 506. The SMILES string of the molecule is CN(C(=S)Cl)C1CCN(CCCOCCc2ccc(F)cc2)CC1. The lowest BCUT2D eigenvalue weighted by atomic mass is 10.0. The molecule has 0 spiro atoms. The minimum atomic E-state index is -0.192. The van der Waals surface area contributed by atoms with Gasteiger partial charge in [0, 0.05) is 39.3 Å². The molecular weight excluding hydrogens is 347 g/mol. The zero-order valence-electron chi connectivity index (χ0n) is 14.2. The third-order valence-electron chi connectivity index (χ3n) is 4.59. The largest absolute Gasteiger partial charge is 0.381 e. The number of nitrogens with zero attached hydrogens (tertiary/aromatic N) is 2. The molecule has 0 unspecified atom stereocenters. The Kier molecular flexibility index (Phi) is 8.39. The van der Waals surface area contributed by atoms with Crippen LogP contribution in [0.4, 0.5) is 4.39 Å². The second-order valence-electron chi connectivity index (χ2n) is 6.28. The van der Waals surface area contributed by atoms with Crippen LogP contribution in [0.5, 0.6) is 0 Å². The second-order valence-corrected chi connectivity index (χ2v) is 7.25. The molecule has 1 saturated heterocycles. The summed E-state index contributed by atoms with van der Waals surface area (Å²) in [6, 6.07) is 7.08. The van der Waals surface area contributed by atoms with Gasteiger partial charge in [-0.3, -0.25) is 0 Å². The van der Waals surface area contributed by atoms with Gasteiger partial charge in [0.25, 0.3) is 0 Å². The summed E-state index contributed by atoms with van der Waals surface area (Å²) in [5.41, 5.74) is 1.11. The Morgan fingerprint density at radius 2 is 1.96 bits per heavy atom. The van der Waals surface area contributed by atoms with Crippen molar-refractivity contribution in [3.8, 4) is 0 Å². The number of ether oxygens (including phenoxy) is 1. The van der Waals surface area contributed by atoms with Gasteiger partial charge in [0.1, 0.15) is 5.82 Å². The fourth-order valence-corrected chi connectivity index (χ4v) is 3.29. The Balaban J connectivity index is 1.51. The number of halogens is 2. The van der Waals surface area contributed by atoms with Crippen molar-refractivity contribution in [2.75, 3.05) is 39.9 Å². The molecule has 1 heterocycles. The third-order valence-corrected chi connectivity index (χ3v) is 5.15. The molecule has 1 fully saturated rings. The fourth-order valence-electron chi connectivity index (χ4n) is 3.01. The van der Waals surface area contributed by atoms with Crippen LogP contribution in [0.2, 0.25) is 0 Å². The van der Waals surface area contributed by atoms with E-state index in [1.807, 2.05) is 24.1 Å². The van der Waals surface area contributed by atoms with Gasteiger partial charge in [-0.15, -0.1) is 0 Å². The fraction of sp³-hybridized carbons (Fsp3) is 0.611. The number of hydrogen-bond donors (Lipinski definition) is 0. The van der Waals surface area contributed by atoms with Gasteiger partial charge in [0.2, 0.25) is 0 Å². The van der Waals surface area contributed by atoms with Gasteiger partial charge in [-0.1, -0.05) is 23.7 Å². The summed E-state index contributed by atoms with van der Waals surface area (Å²) < 4.78 is 19.0. The molecule has 1 aliphatic heterocycles. The van der Waals surface area contributed by atoms with Crippen molar-refractivity contribution in [1.29, 1.82) is 0 Å². The summed E-state index contributed by atoms with van der Waals surface area (Å²) in [5.74, 6) is -0.192. The zero-order valence-corrected chi connectivity index (χ0v) is 15.8. The van der Waals surface area contributed by atoms with E-state index in [1.54, 1.807) is 0 Å². The molecule has 1 aromatic rings. The highest BCUT2D eigenvalue weighted by Crippen LogP contribution is 2.17. The van der Waals surface area contributed by atoms with Crippen LogP contribution >= 0.6 is 23.8 Å². The van der Waals surface area contributed by atoms with Crippen molar-refractivity contribution in [3.05, 3.63) is 35.6 Å². The van der Waals surface area contributed by atoms with E-state index in [2.05, 4.69) is 4.90 Å². The van der Waals surface area contributed by atoms with Gasteiger partial charge in [-0.25, -0.2) is 4.39 Å². The lowest BCUT2D eigenvalue weighted by molar-refractivity contribution is 0.111. The first-order valence-electron chi connectivity index (χ1n) is 8.53. The molecule has 1 aromatic carbocycles. The lowest BCUT2D eigenvalue weighted by Gasteiger charge is -2.36. The molecule has 6 heteroatoms. The first-order chi connectivity index (χ1) is 11.6. The quantitative estimate of drug-likeness (QED) is 0.299. The third kappa shape index (κ3) is 6.63. The molecule has 2 rings (SSSR count). The van der Waals surface area contributed by atoms with Gasteiger partial charge >= 0.3 is 0 Å². The predicted molar refractivity (Wildman–Crippen MR) is 101 cm³/mol. The molecule has 1 aliphatic rings. The van der Waals surface area contributed by atoms with Crippen LogP contribution in [-0.2, 0) is 11.2 Å².